The molecule has 1 saturated heterocycles. The average molecular weight is 172 g/mol. The van der Waals surface area contributed by atoms with Crippen molar-refractivity contribution < 1.29 is 9.84 Å². The number of ether oxygens (including phenoxy) is 1. The first-order valence-corrected chi connectivity index (χ1v) is 5.10. The van der Waals surface area contributed by atoms with Gasteiger partial charge in [0.05, 0.1) is 6.10 Å². The highest BCUT2D eigenvalue weighted by molar-refractivity contribution is 4.71. The summed E-state index contributed by atoms with van der Waals surface area (Å²) in [6.07, 6.45) is 5.32. The van der Waals surface area contributed by atoms with Crippen LogP contribution < -0.4 is 0 Å². The van der Waals surface area contributed by atoms with Crippen LogP contribution in [0.15, 0.2) is 0 Å². The first-order chi connectivity index (χ1) is 5.84. The first-order valence-electron chi connectivity index (χ1n) is 5.10. The van der Waals surface area contributed by atoms with Crippen molar-refractivity contribution in [2.45, 2.75) is 45.1 Å². The van der Waals surface area contributed by atoms with Crippen molar-refractivity contribution in [1.82, 2.24) is 0 Å². The van der Waals surface area contributed by atoms with Gasteiger partial charge in [-0.2, -0.15) is 0 Å². The minimum absolute atomic E-state index is 0.0751. The summed E-state index contributed by atoms with van der Waals surface area (Å²) in [6.45, 7) is 3.85. The van der Waals surface area contributed by atoms with Crippen molar-refractivity contribution in [2.24, 2.45) is 5.92 Å². The third-order valence-corrected chi connectivity index (χ3v) is 2.66. The lowest BCUT2D eigenvalue weighted by molar-refractivity contribution is 0.00426. The molecule has 0 amide bonds. The van der Waals surface area contributed by atoms with Crippen LogP contribution in [-0.4, -0.2) is 24.4 Å². The minimum atomic E-state index is -0.0751. The number of rotatable bonds is 4. The summed E-state index contributed by atoms with van der Waals surface area (Å²) in [4.78, 5) is 0. The Labute approximate surface area is 74.9 Å². The normalized spacial score (nSPS) is 22.5. The van der Waals surface area contributed by atoms with Gasteiger partial charge in [-0.15, -0.1) is 0 Å². The van der Waals surface area contributed by atoms with Gasteiger partial charge in [0.2, 0.25) is 0 Å². The monoisotopic (exact) mass is 172 g/mol. The van der Waals surface area contributed by atoms with Crippen LogP contribution in [0.4, 0.5) is 0 Å². The van der Waals surface area contributed by atoms with Crippen LogP contribution in [0.25, 0.3) is 0 Å². The maximum Gasteiger partial charge on any atom is 0.0570 e. The number of unbranched alkanes of at least 4 members (excludes halogenated alkanes) is 1. The Balaban J connectivity index is 2.15. The predicted octanol–water partition coefficient (Wildman–Crippen LogP) is 1.96. The number of hydrogen-bond donors (Lipinski definition) is 1. The molecule has 1 heterocycles. The molecule has 1 aliphatic rings. The van der Waals surface area contributed by atoms with E-state index in [9.17, 15) is 5.11 Å². The van der Waals surface area contributed by atoms with Gasteiger partial charge in [0.1, 0.15) is 0 Å². The number of aliphatic hydroxyl groups is 1. The Morgan fingerprint density at radius 3 is 2.67 bits per heavy atom. The van der Waals surface area contributed by atoms with E-state index in [1.165, 1.54) is 6.42 Å². The molecule has 0 radical (unpaired) electrons. The largest absolute Gasteiger partial charge is 0.393 e. The molecule has 0 aliphatic carbocycles. The zero-order chi connectivity index (χ0) is 8.81. The molecule has 12 heavy (non-hydrogen) atoms. The van der Waals surface area contributed by atoms with Crippen molar-refractivity contribution in [2.75, 3.05) is 13.2 Å². The molecular weight excluding hydrogens is 152 g/mol. The standard InChI is InChI=1S/C10H20O2/c1-2-3-4-10(11)9-5-7-12-8-6-9/h9-11H,2-8H2,1H3. The Bertz CT molecular complexity index is 108. The summed E-state index contributed by atoms with van der Waals surface area (Å²) in [5, 5.41) is 9.75. The zero-order valence-electron chi connectivity index (χ0n) is 7.96. The fraction of sp³-hybridized carbons (Fsp3) is 1.00. The van der Waals surface area contributed by atoms with E-state index in [-0.39, 0.29) is 6.10 Å². The van der Waals surface area contributed by atoms with Crippen LogP contribution in [0.3, 0.4) is 0 Å². The highest BCUT2D eigenvalue weighted by atomic mass is 16.5. The van der Waals surface area contributed by atoms with Gasteiger partial charge >= 0.3 is 0 Å². The lowest BCUT2D eigenvalue weighted by Crippen LogP contribution is -2.27. The van der Waals surface area contributed by atoms with Crippen LogP contribution in [-0.2, 0) is 4.74 Å². The molecule has 1 unspecified atom stereocenters. The molecule has 0 aromatic carbocycles. The van der Waals surface area contributed by atoms with Gasteiger partial charge in [0.15, 0.2) is 0 Å². The van der Waals surface area contributed by atoms with Gasteiger partial charge < -0.3 is 9.84 Å². The number of hydrogen-bond acceptors (Lipinski definition) is 2. The molecule has 1 fully saturated rings. The minimum Gasteiger partial charge on any atom is -0.393 e. The average Bonchev–Trinajstić information content (AvgIpc) is 2.15. The third kappa shape index (κ3) is 3.11. The molecule has 0 spiro atoms. The lowest BCUT2D eigenvalue weighted by Gasteiger charge is -2.26. The van der Waals surface area contributed by atoms with Gasteiger partial charge in [-0.1, -0.05) is 19.8 Å². The molecule has 1 rings (SSSR count). The van der Waals surface area contributed by atoms with Crippen molar-refractivity contribution in [1.29, 1.82) is 0 Å². The maximum atomic E-state index is 9.75. The van der Waals surface area contributed by atoms with E-state index in [1.54, 1.807) is 0 Å². The first kappa shape index (κ1) is 10.0. The molecule has 0 saturated carbocycles. The van der Waals surface area contributed by atoms with Crippen LogP contribution >= 0.6 is 0 Å². The van der Waals surface area contributed by atoms with Crippen LogP contribution in [0.2, 0.25) is 0 Å². The Kier molecular flexibility index (Phi) is 4.62. The Morgan fingerprint density at radius 2 is 2.08 bits per heavy atom. The van der Waals surface area contributed by atoms with E-state index in [4.69, 9.17) is 4.74 Å². The van der Waals surface area contributed by atoms with E-state index in [1.807, 2.05) is 0 Å². The molecule has 0 bridgehead atoms. The predicted molar refractivity (Wildman–Crippen MR) is 49.1 cm³/mol. The molecular formula is C10H20O2. The summed E-state index contributed by atoms with van der Waals surface area (Å²) in [6, 6.07) is 0. The second-order valence-corrected chi connectivity index (χ2v) is 3.66. The van der Waals surface area contributed by atoms with E-state index < -0.39 is 0 Å². The second-order valence-electron chi connectivity index (χ2n) is 3.66. The quantitative estimate of drug-likeness (QED) is 0.702. The van der Waals surface area contributed by atoms with E-state index in [2.05, 4.69) is 6.92 Å². The second kappa shape index (κ2) is 5.55. The fourth-order valence-corrected chi connectivity index (χ4v) is 1.75. The molecule has 0 aromatic heterocycles. The highest BCUT2D eigenvalue weighted by Crippen LogP contribution is 2.21. The summed E-state index contributed by atoms with van der Waals surface area (Å²) in [7, 11) is 0. The van der Waals surface area contributed by atoms with Crippen molar-refractivity contribution >= 4 is 0 Å². The summed E-state index contributed by atoms with van der Waals surface area (Å²) >= 11 is 0. The topological polar surface area (TPSA) is 29.5 Å². The third-order valence-electron chi connectivity index (χ3n) is 2.66. The fourth-order valence-electron chi connectivity index (χ4n) is 1.75. The van der Waals surface area contributed by atoms with Crippen molar-refractivity contribution in [3.63, 3.8) is 0 Å². The van der Waals surface area contributed by atoms with E-state index >= 15 is 0 Å². The summed E-state index contributed by atoms with van der Waals surface area (Å²) in [5.41, 5.74) is 0. The molecule has 1 aliphatic heterocycles. The zero-order valence-corrected chi connectivity index (χ0v) is 7.96. The van der Waals surface area contributed by atoms with Gasteiger partial charge in [-0.3, -0.25) is 0 Å². The Hall–Kier alpha value is -0.0800. The maximum absolute atomic E-state index is 9.75. The van der Waals surface area contributed by atoms with Crippen molar-refractivity contribution in [3.8, 4) is 0 Å². The molecule has 2 nitrogen and oxygen atoms in total. The number of aliphatic hydroxyl groups excluding tert-OH is 1. The molecule has 1 atom stereocenters. The summed E-state index contributed by atoms with van der Waals surface area (Å²) < 4.78 is 5.24. The van der Waals surface area contributed by atoms with Crippen LogP contribution in [0.5, 0.6) is 0 Å². The van der Waals surface area contributed by atoms with Crippen LogP contribution in [0.1, 0.15) is 39.0 Å². The molecule has 2 heteroatoms. The smallest absolute Gasteiger partial charge is 0.0570 e. The van der Waals surface area contributed by atoms with Gasteiger partial charge in [-0.05, 0) is 25.2 Å². The van der Waals surface area contributed by atoms with Gasteiger partial charge in [0, 0.05) is 13.2 Å². The lowest BCUT2D eigenvalue weighted by atomic mass is 9.91. The van der Waals surface area contributed by atoms with Gasteiger partial charge in [-0.25, -0.2) is 0 Å². The molecule has 0 aromatic rings. The summed E-state index contributed by atoms with van der Waals surface area (Å²) in [5.74, 6) is 0.505. The van der Waals surface area contributed by atoms with Crippen LogP contribution in [0, 0.1) is 5.92 Å². The van der Waals surface area contributed by atoms with E-state index in [0.29, 0.717) is 5.92 Å². The molecule has 1 N–H and O–H groups in total. The van der Waals surface area contributed by atoms with Crippen molar-refractivity contribution in [3.05, 3.63) is 0 Å². The van der Waals surface area contributed by atoms with E-state index in [0.717, 1.165) is 38.9 Å². The SMILES string of the molecule is CCCCC(O)C1CCOCC1. The Morgan fingerprint density at radius 1 is 1.42 bits per heavy atom. The molecule has 72 valence electrons. The highest BCUT2D eigenvalue weighted by Gasteiger charge is 2.21. The van der Waals surface area contributed by atoms with Gasteiger partial charge in [0.25, 0.3) is 0 Å².